The first-order chi connectivity index (χ1) is 26.5. The summed E-state index contributed by atoms with van der Waals surface area (Å²) in [6, 6.07) is 0. The third-order valence-corrected chi connectivity index (χ3v) is 10.5. The number of unbranched alkanes of at least 4 members (excludes halogenated alkanes) is 30. The first kappa shape index (κ1) is 52.2. The van der Waals surface area contributed by atoms with Crippen molar-refractivity contribution in [3.63, 3.8) is 0 Å². The third-order valence-electron chi connectivity index (χ3n) is 10.5. The second-order valence-electron chi connectivity index (χ2n) is 16.0. The number of carbonyl (C=O) groups is 3. The number of rotatable bonds is 43. The fourth-order valence-electron chi connectivity index (χ4n) is 6.91. The number of hydrogen-bond donors (Lipinski definition) is 0. The van der Waals surface area contributed by atoms with Crippen molar-refractivity contribution >= 4 is 17.9 Å². The summed E-state index contributed by atoms with van der Waals surface area (Å²) < 4.78 is 16.7. The van der Waals surface area contributed by atoms with Gasteiger partial charge in [0, 0.05) is 19.3 Å². The minimum Gasteiger partial charge on any atom is -0.462 e. The van der Waals surface area contributed by atoms with Crippen LogP contribution < -0.4 is 0 Å². The molecule has 0 amide bonds. The molecule has 0 aromatic heterocycles. The van der Waals surface area contributed by atoms with Crippen LogP contribution in [0.3, 0.4) is 0 Å². The Morgan fingerprint density at radius 2 is 0.611 bits per heavy atom. The highest BCUT2D eigenvalue weighted by molar-refractivity contribution is 5.71. The van der Waals surface area contributed by atoms with Crippen LogP contribution in [0.1, 0.15) is 258 Å². The highest BCUT2D eigenvalue weighted by Crippen LogP contribution is 2.15. The van der Waals surface area contributed by atoms with Gasteiger partial charge in [-0.1, -0.05) is 206 Å². The maximum atomic E-state index is 12.7. The van der Waals surface area contributed by atoms with Crippen molar-refractivity contribution in [2.45, 2.75) is 264 Å². The van der Waals surface area contributed by atoms with Gasteiger partial charge < -0.3 is 14.2 Å². The predicted molar refractivity (Wildman–Crippen MR) is 229 cm³/mol. The van der Waals surface area contributed by atoms with Crippen molar-refractivity contribution in [3.05, 3.63) is 12.2 Å². The van der Waals surface area contributed by atoms with Gasteiger partial charge in [-0.3, -0.25) is 14.4 Å². The van der Waals surface area contributed by atoms with Crippen LogP contribution in [0.2, 0.25) is 0 Å². The van der Waals surface area contributed by atoms with Gasteiger partial charge >= 0.3 is 17.9 Å². The standard InChI is InChI=1S/C48H90O6/c1-4-7-10-13-16-19-22-24-25-27-29-32-35-38-41-47(50)53-44-45(43-52-46(49)40-37-34-31-28-21-18-15-12-9-6-3)54-48(51)42-39-36-33-30-26-23-20-17-14-11-8-5-2/h25,27,45H,4-24,26,28-44H2,1-3H3/b27-25-. The highest BCUT2D eigenvalue weighted by atomic mass is 16.6. The van der Waals surface area contributed by atoms with Gasteiger partial charge in [0.25, 0.3) is 0 Å². The van der Waals surface area contributed by atoms with E-state index < -0.39 is 6.10 Å². The van der Waals surface area contributed by atoms with Crippen LogP contribution in [-0.4, -0.2) is 37.2 Å². The molecule has 54 heavy (non-hydrogen) atoms. The molecule has 0 spiro atoms. The SMILES string of the molecule is CCCCCCCCC/C=C\CCCCCC(=O)OCC(COC(=O)CCCCCCCCCCCC)OC(=O)CCCCCCCCCCCCCC. The first-order valence-corrected chi connectivity index (χ1v) is 23.7. The van der Waals surface area contributed by atoms with Crippen molar-refractivity contribution in [2.75, 3.05) is 13.2 Å². The molecule has 1 unspecified atom stereocenters. The van der Waals surface area contributed by atoms with Gasteiger partial charge in [-0.25, -0.2) is 0 Å². The second-order valence-corrected chi connectivity index (χ2v) is 16.0. The van der Waals surface area contributed by atoms with E-state index in [0.717, 1.165) is 64.2 Å². The largest absolute Gasteiger partial charge is 0.462 e. The molecule has 318 valence electrons. The van der Waals surface area contributed by atoms with E-state index in [4.69, 9.17) is 14.2 Å². The Bertz CT molecular complexity index is 839. The summed E-state index contributed by atoms with van der Waals surface area (Å²) in [5.74, 6) is -0.878. The van der Waals surface area contributed by atoms with E-state index >= 15 is 0 Å². The lowest BCUT2D eigenvalue weighted by Crippen LogP contribution is -2.30. The van der Waals surface area contributed by atoms with E-state index in [9.17, 15) is 14.4 Å². The summed E-state index contributed by atoms with van der Waals surface area (Å²) in [7, 11) is 0. The fraction of sp³-hybridized carbons (Fsp3) is 0.896. The molecule has 0 aromatic carbocycles. The smallest absolute Gasteiger partial charge is 0.306 e. The molecule has 6 heteroatoms. The van der Waals surface area contributed by atoms with Crippen LogP contribution in [0.15, 0.2) is 12.2 Å². The highest BCUT2D eigenvalue weighted by Gasteiger charge is 2.19. The summed E-state index contributed by atoms with van der Waals surface area (Å²) in [5.41, 5.74) is 0. The van der Waals surface area contributed by atoms with Gasteiger partial charge in [0.05, 0.1) is 0 Å². The van der Waals surface area contributed by atoms with Crippen LogP contribution >= 0.6 is 0 Å². The Morgan fingerprint density at radius 1 is 0.352 bits per heavy atom. The average Bonchev–Trinajstić information content (AvgIpc) is 3.17. The molecule has 0 aromatic rings. The van der Waals surface area contributed by atoms with Crippen molar-refractivity contribution < 1.29 is 28.6 Å². The Kier molecular flexibility index (Phi) is 42.4. The van der Waals surface area contributed by atoms with Gasteiger partial charge in [-0.05, 0) is 44.9 Å². The monoisotopic (exact) mass is 763 g/mol. The minimum atomic E-state index is -0.767. The minimum absolute atomic E-state index is 0.0702. The zero-order valence-electron chi connectivity index (χ0n) is 36.3. The molecule has 0 fully saturated rings. The molecule has 0 bridgehead atoms. The first-order valence-electron chi connectivity index (χ1n) is 23.7. The van der Waals surface area contributed by atoms with Gasteiger partial charge in [0.2, 0.25) is 0 Å². The molecular formula is C48H90O6. The molecule has 0 radical (unpaired) electrons. The lowest BCUT2D eigenvalue weighted by Gasteiger charge is -2.18. The molecule has 0 aliphatic heterocycles. The molecule has 0 saturated carbocycles. The van der Waals surface area contributed by atoms with Crippen LogP contribution in [0, 0.1) is 0 Å². The summed E-state index contributed by atoms with van der Waals surface area (Å²) in [6.45, 7) is 6.62. The van der Waals surface area contributed by atoms with Crippen LogP contribution in [0.5, 0.6) is 0 Å². The van der Waals surface area contributed by atoms with Crippen molar-refractivity contribution in [2.24, 2.45) is 0 Å². The molecule has 0 heterocycles. The van der Waals surface area contributed by atoms with E-state index in [0.29, 0.717) is 19.3 Å². The van der Waals surface area contributed by atoms with E-state index in [2.05, 4.69) is 32.9 Å². The number of carbonyl (C=O) groups excluding carboxylic acids is 3. The van der Waals surface area contributed by atoms with E-state index in [-0.39, 0.29) is 31.1 Å². The maximum Gasteiger partial charge on any atom is 0.306 e. The van der Waals surface area contributed by atoms with Gasteiger partial charge in [0.15, 0.2) is 6.10 Å². The molecule has 0 aliphatic carbocycles. The molecule has 6 nitrogen and oxygen atoms in total. The van der Waals surface area contributed by atoms with Gasteiger partial charge in [0.1, 0.15) is 13.2 Å². The van der Waals surface area contributed by atoms with E-state index in [1.807, 2.05) is 0 Å². The summed E-state index contributed by atoms with van der Waals surface area (Å²) in [4.78, 5) is 37.7. The zero-order valence-corrected chi connectivity index (χ0v) is 36.3. The Morgan fingerprint density at radius 3 is 0.944 bits per heavy atom. The number of allylic oxidation sites excluding steroid dienone is 2. The molecular weight excluding hydrogens is 673 g/mol. The summed E-state index contributed by atoms with van der Waals surface area (Å²) in [5, 5.41) is 0. The predicted octanol–water partition coefficient (Wildman–Crippen LogP) is 15.0. The molecule has 0 aliphatic rings. The molecule has 0 N–H and O–H groups in total. The van der Waals surface area contributed by atoms with E-state index in [1.165, 1.54) is 154 Å². The Balaban J connectivity index is 4.35. The normalized spacial score (nSPS) is 12.0. The van der Waals surface area contributed by atoms with Crippen LogP contribution in [0.25, 0.3) is 0 Å². The van der Waals surface area contributed by atoms with Gasteiger partial charge in [-0.2, -0.15) is 0 Å². The number of ether oxygens (including phenoxy) is 3. The number of esters is 3. The fourth-order valence-corrected chi connectivity index (χ4v) is 6.91. The lowest BCUT2D eigenvalue weighted by molar-refractivity contribution is -0.167. The van der Waals surface area contributed by atoms with Crippen molar-refractivity contribution in [1.82, 2.24) is 0 Å². The van der Waals surface area contributed by atoms with Crippen LogP contribution in [0.4, 0.5) is 0 Å². The molecule has 0 saturated heterocycles. The molecule has 1 atom stereocenters. The van der Waals surface area contributed by atoms with Crippen molar-refractivity contribution in [1.29, 1.82) is 0 Å². The van der Waals surface area contributed by atoms with Crippen LogP contribution in [-0.2, 0) is 28.6 Å². The van der Waals surface area contributed by atoms with E-state index in [1.54, 1.807) is 0 Å². The van der Waals surface area contributed by atoms with Gasteiger partial charge in [-0.15, -0.1) is 0 Å². The lowest BCUT2D eigenvalue weighted by atomic mass is 10.0. The topological polar surface area (TPSA) is 78.9 Å². The Hall–Kier alpha value is -1.85. The summed E-state index contributed by atoms with van der Waals surface area (Å²) in [6.07, 6.45) is 46.2. The quantitative estimate of drug-likeness (QED) is 0.0266. The third kappa shape index (κ3) is 41.3. The maximum absolute atomic E-state index is 12.7. The average molecular weight is 763 g/mol. The number of hydrogen-bond acceptors (Lipinski definition) is 6. The van der Waals surface area contributed by atoms with Crippen molar-refractivity contribution in [3.8, 4) is 0 Å². The second kappa shape index (κ2) is 43.9. The molecule has 0 rings (SSSR count). The summed E-state index contributed by atoms with van der Waals surface area (Å²) >= 11 is 0. The Labute approximate surface area is 335 Å². The zero-order chi connectivity index (χ0) is 39.4.